The molecule has 0 saturated carbocycles. The Bertz CT molecular complexity index is 768. The van der Waals surface area contributed by atoms with Crippen LogP contribution >= 0.6 is 15.9 Å². The molecule has 3 aromatic carbocycles. The van der Waals surface area contributed by atoms with Gasteiger partial charge in [-0.3, -0.25) is 0 Å². The van der Waals surface area contributed by atoms with Gasteiger partial charge in [-0.05, 0) is 42.5 Å². The molecule has 1 aliphatic rings. The monoisotopic (exact) mass is 336 g/mol. The van der Waals surface area contributed by atoms with Gasteiger partial charge in [0.15, 0.2) is 0 Å². The number of nitrogens with one attached hydrogen (secondary N) is 1. The molecule has 1 N–H and O–H groups in total. The normalized spacial score (nSPS) is 12.3. The summed E-state index contributed by atoms with van der Waals surface area (Å²) in [6.07, 6.45) is 0. The Labute approximate surface area is 132 Å². The quantitative estimate of drug-likeness (QED) is 0.460. The topological polar surface area (TPSA) is 15.3 Å². The van der Waals surface area contributed by atoms with E-state index in [4.69, 9.17) is 0 Å². The zero-order valence-corrected chi connectivity index (χ0v) is 12.8. The molecule has 0 radical (unpaired) electrons. The second-order valence-electron chi connectivity index (χ2n) is 4.97. The Hall–Kier alpha value is -2.26. The number of rotatable bonds is 1. The molecule has 0 amide bonds. The lowest BCUT2D eigenvalue weighted by molar-refractivity contribution is 1.25. The largest absolute Gasteiger partial charge is 0.352 e. The standard InChI is InChI=1S/C18H13BrN2/c19-13-6-5-7-14(12-13)21-17-10-3-1-8-15(17)20-16-9-2-4-11-18(16)21/h1-12,20H. The van der Waals surface area contributed by atoms with Crippen LogP contribution in [0.3, 0.4) is 0 Å². The lowest BCUT2D eigenvalue weighted by atomic mass is 10.1. The first-order chi connectivity index (χ1) is 10.3. The Morgan fingerprint density at radius 3 is 1.95 bits per heavy atom. The number of nitrogens with zero attached hydrogens (tertiary/aromatic N) is 1. The van der Waals surface area contributed by atoms with Crippen molar-refractivity contribution in [2.45, 2.75) is 0 Å². The third-order valence-corrected chi connectivity index (χ3v) is 4.12. The minimum atomic E-state index is 1.08. The van der Waals surface area contributed by atoms with Crippen molar-refractivity contribution in [3.8, 4) is 0 Å². The molecular formula is C18H13BrN2. The third-order valence-electron chi connectivity index (χ3n) is 3.63. The second-order valence-corrected chi connectivity index (χ2v) is 5.89. The van der Waals surface area contributed by atoms with Crippen molar-refractivity contribution in [2.75, 3.05) is 10.2 Å². The van der Waals surface area contributed by atoms with E-state index in [0.717, 1.165) is 32.9 Å². The van der Waals surface area contributed by atoms with Crippen molar-refractivity contribution in [3.05, 3.63) is 77.3 Å². The van der Waals surface area contributed by atoms with E-state index in [0.29, 0.717) is 0 Å². The fourth-order valence-corrected chi connectivity index (χ4v) is 3.10. The number of anilines is 5. The Balaban J connectivity index is 1.97. The molecule has 1 aliphatic heterocycles. The first-order valence-corrected chi connectivity index (χ1v) is 7.63. The van der Waals surface area contributed by atoms with Crippen LogP contribution in [0, 0.1) is 0 Å². The smallest absolute Gasteiger partial charge is 0.0697 e. The van der Waals surface area contributed by atoms with Crippen LogP contribution in [-0.2, 0) is 0 Å². The molecule has 3 aromatic rings. The van der Waals surface area contributed by atoms with Gasteiger partial charge in [0.25, 0.3) is 0 Å². The zero-order valence-electron chi connectivity index (χ0n) is 11.3. The maximum atomic E-state index is 3.57. The van der Waals surface area contributed by atoms with Crippen LogP contribution in [0.5, 0.6) is 0 Å². The maximum absolute atomic E-state index is 3.57. The molecule has 102 valence electrons. The first kappa shape index (κ1) is 12.5. The van der Waals surface area contributed by atoms with E-state index in [2.05, 4.69) is 92.9 Å². The molecule has 0 bridgehead atoms. The molecule has 3 heteroatoms. The van der Waals surface area contributed by atoms with Crippen molar-refractivity contribution in [1.29, 1.82) is 0 Å². The van der Waals surface area contributed by atoms with Crippen LogP contribution in [0.15, 0.2) is 77.3 Å². The van der Waals surface area contributed by atoms with Gasteiger partial charge in [-0.15, -0.1) is 0 Å². The summed E-state index contributed by atoms with van der Waals surface area (Å²) in [4.78, 5) is 2.28. The van der Waals surface area contributed by atoms with Crippen LogP contribution in [0.25, 0.3) is 0 Å². The summed E-state index contributed by atoms with van der Waals surface area (Å²) in [6, 6.07) is 25.1. The van der Waals surface area contributed by atoms with Crippen molar-refractivity contribution in [2.24, 2.45) is 0 Å². The number of hydrogen-bond donors (Lipinski definition) is 1. The zero-order chi connectivity index (χ0) is 14.2. The molecule has 0 fully saturated rings. The molecule has 21 heavy (non-hydrogen) atoms. The van der Waals surface area contributed by atoms with Gasteiger partial charge in [0.1, 0.15) is 0 Å². The summed E-state index contributed by atoms with van der Waals surface area (Å²) < 4.78 is 1.08. The van der Waals surface area contributed by atoms with Crippen molar-refractivity contribution in [1.82, 2.24) is 0 Å². The summed E-state index contributed by atoms with van der Waals surface area (Å²) in [5, 5.41) is 3.50. The van der Waals surface area contributed by atoms with E-state index in [1.807, 2.05) is 6.07 Å². The summed E-state index contributed by atoms with van der Waals surface area (Å²) in [7, 11) is 0. The van der Waals surface area contributed by atoms with E-state index in [1.165, 1.54) is 0 Å². The van der Waals surface area contributed by atoms with Crippen molar-refractivity contribution < 1.29 is 0 Å². The minimum Gasteiger partial charge on any atom is -0.352 e. The Kier molecular flexibility index (Phi) is 2.93. The summed E-state index contributed by atoms with van der Waals surface area (Å²) in [5.41, 5.74) is 5.71. The van der Waals surface area contributed by atoms with Gasteiger partial charge in [0.2, 0.25) is 0 Å². The van der Waals surface area contributed by atoms with Crippen LogP contribution < -0.4 is 10.2 Å². The SMILES string of the molecule is Brc1cccc(N2c3ccccc3Nc3ccccc32)c1. The van der Waals surface area contributed by atoms with Crippen molar-refractivity contribution >= 4 is 44.4 Å². The third kappa shape index (κ3) is 2.10. The number of para-hydroxylation sites is 4. The number of benzene rings is 3. The predicted molar refractivity (Wildman–Crippen MR) is 92.1 cm³/mol. The van der Waals surface area contributed by atoms with Gasteiger partial charge in [0.05, 0.1) is 22.7 Å². The van der Waals surface area contributed by atoms with E-state index in [-0.39, 0.29) is 0 Å². The summed E-state index contributed by atoms with van der Waals surface area (Å²) in [5.74, 6) is 0. The Morgan fingerprint density at radius 2 is 1.33 bits per heavy atom. The summed E-state index contributed by atoms with van der Waals surface area (Å²) in [6.45, 7) is 0. The Morgan fingerprint density at radius 1 is 0.714 bits per heavy atom. The molecule has 0 aliphatic carbocycles. The molecule has 0 atom stereocenters. The maximum Gasteiger partial charge on any atom is 0.0697 e. The van der Waals surface area contributed by atoms with Gasteiger partial charge in [0, 0.05) is 10.2 Å². The average Bonchev–Trinajstić information content (AvgIpc) is 2.52. The lowest BCUT2D eigenvalue weighted by Crippen LogP contribution is -2.17. The van der Waals surface area contributed by atoms with E-state index in [1.54, 1.807) is 0 Å². The van der Waals surface area contributed by atoms with Gasteiger partial charge >= 0.3 is 0 Å². The fourth-order valence-electron chi connectivity index (χ4n) is 2.72. The van der Waals surface area contributed by atoms with Crippen LogP contribution in [0.1, 0.15) is 0 Å². The first-order valence-electron chi connectivity index (χ1n) is 6.84. The molecule has 0 saturated heterocycles. The number of fused-ring (bicyclic) bond motifs is 2. The molecular weight excluding hydrogens is 324 g/mol. The molecule has 0 aromatic heterocycles. The number of halogens is 1. The summed E-state index contributed by atoms with van der Waals surface area (Å²) >= 11 is 3.57. The van der Waals surface area contributed by atoms with Gasteiger partial charge in [-0.2, -0.15) is 0 Å². The van der Waals surface area contributed by atoms with Crippen LogP contribution in [0.2, 0.25) is 0 Å². The van der Waals surface area contributed by atoms with E-state index < -0.39 is 0 Å². The van der Waals surface area contributed by atoms with Crippen molar-refractivity contribution in [3.63, 3.8) is 0 Å². The minimum absolute atomic E-state index is 1.08. The molecule has 2 nitrogen and oxygen atoms in total. The number of hydrogen-bond acceptors (Lipinski definition) is 2. The molecule has 0 spiro atoms. The predicted octanol–water partition coefficient (Wildman–Crippen LogP) is 5.98. The van der Waals surface area contributed by atoms with E-state index >= 15 is 0 Å². The van der Waals surface area contributed by atoms with Crippen LogP contribution in [0.4, 0.5) is 28.4 Å². The van der Waals surface area contributed by atoms with E-state index in [9.17, 15) is 0 Å². The molecule has 0 unspecified atom stereocenters. The van der Waals surface area contributed by atoms with Crippen LogP contribution in [-0.4, -0.2) is 0 Å². The molecule has 4 rings (SSSR count). The highest BCUT2D eigenvalue weighted by molar-refractivity contribution is 9.10. The highest BCUT2D eigenvalue weighted by atomic mass is 79.9. The second kappa shape index (κ2) is 4.93. The fraction of sp³-hybridized carbons (Fsp3) is 0. The average molecular weight is 337 g/mol. The van der Waals surface area contributed by atoms with Gasteiger partial charge < -0.3 is 10.2 Å². The van der Waals surface area contributed by atoms with Gasteiger partial charge in [-0.25, -0.2) is 0 Å². The molecule has 1 heterocycles. The van der Waals surface area contributed by atoms with Gasteiger partial charge in [-0.1, -0.05) is 46.3 Å². The highest BCUT2D eigenvalue weighted by Crippen LogP contribution is 2.47. The highest BCUT2D eigenvalue weighted by Gasteiger charge is 2.23. The lowest BCUT2D eigenvalue weighted by Gasteiger charge is -2.34.